The molecule has 1 nitrogen and oxygen atoms in total. The topological polar surface area (TPSA) is 12.0 Å². The Morgan fingerprint density at radius 2 is 2.06 bits per heavy atom. The van der Waals surface area contributed by atoms with Crippen molar-refractivity contribution < 1.29 is 8.78 Å². The van der Waals surface area contributed by atoms with E-state index >= 15 is 0 Å². The molecule has 16 heavy (non-hydrogen) atoms. The highest BCUT2D eigenvalue weighted by Crippen LogP contribution is 2.39. The summed E-state index contributed by atoms with van der Waals surface area (Å²) >= 11 is 0. The largest absolute Gasteiger partial charge is 0.312 e. The van der Waals surface area contributed by atoms with E-state index in [1.54, 1.807) is 0 Å². The standard InChI is InChI=1S/C13H17F2N/c1-13(5-2-6-13)9-16-8-10-7-11(14)3-4-12(10)15/h3-4,7,16H,2,5-6,8-9H2,1H3. The van der Waals surface area contributed by atoms with Crippen LogP contribution in [0.4, 0.5) is 8.78 Å². The molecule has 3 heteroatoms. The number of halogens is 2. The summed E-state index contributed by atoms with van der Waals surface area (Å²) in [5.41, 5.74) is 0.770. The fourth-order valence-corrected chi connectivity index (χ4v) is 2.13. The number of nitrogens with one attached hydrogen (secondary N) is 1. The second-order valence-corrected chi connectivity index (χ2v) is 5.00. The normalized spacial score (nSPS) is 18.2. The molecule has 1 aromatic rings. The first-order valence-electron chi connectivity index (χ1n) is 5.74. The molecule has 0 saturated heterocycles. The highest BCUT2D eigenvalue weighted by atomic mass is 19.1. The van der Waals surface area contributed by atoms with Gasteiger partial charge in [-0.1, -0.05) is 13.3 Å². The van der Waals surface area contributed by atoms with E-state index in [1.807, 2.05) is 0 Å². The molecule has 0 bridgehead atoms. The van der Waals surface area contributed by atoms with Crippen molar-refractivity contribution in [3.63, 3.8) is 0 Å². The van der Waals surface area contributed by atoms with Crippen molar-refractivity contribution in [3.05, 3.63) is 35.4 Å². The smallest absolute Gasteiger partial charge is 0.127 e. The van der Waals surface area contributed by atoms with E-state index in [0.717, 1.165) is 12.6 Å². The van der Waals surface area contributed by atoms with E-state index in [1.165, 1.54) is 31.4 Å². The van der Waals surface area contributed by atoms with Gasteiger partial charge < -0.3 is 5.32 Å². The van der Waals surface area contributed by atoms with Gasteiger partial charge >= 0.3 is 0 Å². The molecule has 1 N–H and O–H groups in total. The van der Waals surface area contributed by atoms with Crippen LogP contribution >= 0.6 is 0 Å². The molecule has 0 amide bonds. The SMILES string of the molecule is CC1(CNCc2cc(F)ccc2F)CCC1. The summed E-state index contributed by atoms with van der Waals surface area (Å²) < 4.78 is 26.2. The minimum atomic E-state index is -0.381. The third-order valence-electron chi connectivity index (χ3n) is 3.44. The molecule has 0 radical (unpaired) electrons. The van der Waals surface area contributed by atoms with Crippen LogP contribution in [0.5, 0.6) is 0 Å². The van der Waals surface area contributed by atoms with Crippen molar-refractivity contribution in [2.45, 2.75) is 32.7 Å². The third-order valence-corrected chi connectivity index (χ3v) is 3.44. The van der Waals surface area contributed by atoms with Crippen molar-refractivity contribution in [2.75, 3.05) is 6.54 Å². The summed E-state index contributed by atoms with van der Waals surface area (Å²) in [7, 11) is 0. The lowest BCUT2D eigenvalue weighted by molar-refractivity contribution is 0.156. The van der Waals surface area contributed by atoms with Gasteiger partial charge in [-0.05, 0) is 36.5 Å². The van der Waals surface area contributed by atoms with Crippen LogP contribution in [0.15, 0.2) is 18.2 Å². The first kappa shape index (κ1) is 11.5. The predicted molar refractivity (Wildman–Crippen MR) is 60.0 cm³/mol. The van der Waals surface area contributed by atoms with Crippen LogP contribution in [0, 0.1) is 17.0 Å². The molecule has 0 spiro atoms. The Morgan fingerprint density at radius 3 is 2.69 bits per heavy atom. The van der Waals surface area contributed by atoms with E-state index in [0.29, 0.717) is 17.5 Å². The lowest BCUT2D eigenvalue weighted by Gasteiger charge is -2.38. The molecule has 0 unspecified atom stereocenters. The number of hydrogen-bond acceptors (Lipinski definition) is 1. The minimum Gasteiger partial charge on any atom is -0.312 e. The average molecular weight is 225 g/mol. The van der Waals surface area contributed by atoms with Crippen molar-refractivity contribution in [2.24, 2.45) is 5.41 Å². The fourth-order valence-electron chi connectivity index (χ4n) is 2.13. The molecule has 1 fully saturated rings. The number of benzene rings is 1. The zero-order chi connectivity index (χ0) is 11.6. The van der Waals surface area contributed by atoms with Gasteiger partial charge in [-0.15, -0.1) is 0 Å². The number of rotatable bonds is 4. The Balaban J connectivity index is 1.87. The van der Waals surface area contributed by atoms with Crippen LogP contribution in [0.2, 0.25) is 0 Å². The van der Waals surface area contributed by atoms with Crippen molar-refractivity contribution in [3.8, 4) is 0 Å². The fraction of sp³-hybridized carbons (Fsp3) is 0.538. The van der Waals surface area contributed by atoms with Gasteiger partial charge in [-0.2, -0.15) is 0 Å². The summed E-state index contributed by atoms with van der Waals surface area (Å²) in [5, 5.41) is 3.21. The molecule has 0 atom stereocenters. The molecule has 0 heterocycles. The molecular weight excluding hydrogens is 208 g/mol. The van der Waals surface area contributed by atoms with Gasteiger partial charge in [0.25, 0.3) is 0 Å². The first-order chi connectivity index (χ1) is 7.59. The molecule has 0 aromatic heterocycles. The Labute approximate surface area is 94.9 Å². The Morgan fingerprint density at radius 1 is 1.31 bits per heavy atom. The first-order valence-corrected chi connectivity index (χ1v) is 5.74. The van der Waals surface area contributed by atoms with Crippen LogP contribution in [0.25, 0.3) is 0 Å². The van der Waals surface area contributed by atoms with Crippen LogP contribution in [-0.4, -0.2) is 6.54 Å². The van der Waals surface area contributed by atoms with E-state index in [9.17, 15) is 8.78 Å². The molecule has 1 aromatic carbocycles. The minimum absolute atomic E-state index is 0.340. The lowest BCUT2D eigenvalue weighted by Crippen LogP contribution is -2.37. The number of hydrogen-bond donors (Lipinski definition) is 1. The molecular formula is C13H17F2N. The zero-order valence-corrected chi connectivity index (χ0v) is 9.52. The average Bonchev–Trinajstić information content (AvgIpc) is 2.21. The molecule has 1 aliphatic carbocycles. The maximum Gasteiger partial charge on any atom is 0.127 e. The third kappa shape index (κ3) is 2.59. The van der Waals surface area contributed by atoms with E-state index in [-0.39, 0.29) is 11.6 Å². The highest BCUT2D eigenvalue weighted by Gasteiger charge is 2.30. The monoisotopic (exact) mass is 225 g/mol. The summed E-state index contributed by atoms with van der Waals surface area (Å²) in [5.74, 6) is -0.722. The van der Waals surface area contributed by atoms with Crippen molar-refractivity contribution in [1.82, 2.24) is 5.32 Å². The van der Waals surface area contributed by atoms with Crippen LogP contribution < -0.4 is 5.32 Å². The Bertz CT molecular complexity index is 372. The maximum atomic E-state index is 13.3. The summed E-state index contributed by atoms with van der Waals surface area (Å²) in [4.78, 5) is 0. The highest BCUT2D eigenvalue weighted by molar-refractivity contribution is 5.18. The van der Waals surface area contributed by atoms with Crippen molar-refractivity contribution in [1.29, 1.82) is 0 Å². The molecule has 2 rings (SSSR count). The van der Waals surface area contributed by atoms with Gasteiger partial charge in [-0.25, -0.2) is 8.78 Å². The Kier molecular flexibility index (Phi) is 3.24. The molecule has 1 saturated carbocycles. The van der Waals surface area contributed by atoms with E-state index in [2.05, 4.69) is 12.2 Å². The summed E-state index contributed by atoms with van der Waals surface area (Å²) in [6, 6.07) is 3.58. The summed E-state index contributed by atoms with van der Waals surface area (Å²) in [6.45, 7) is 3.51. The van der Waals surface area contributed by atoms with E-state index < -0.39 is 0 Å². The van der Waals surface area contributed by atoms with Gasteiger partial charge in [0.2, 0.25) is 0 Å². The van der Waals surface area contributed by atoms with Gasteiger partial charge in [0.1, 0.15) is 11.6 Å². The van der Waals surface area contributed by atoms with E-state index in [4.69, 9.17) is 0 Å². The molecule has 88 valence electrons. The maximum absolute atomic E-state index is 13.3. The molecule has 1 aliphatic rings. The molecule has 0 aliphatic heterocycles. The van der Waals surface area contributed by atoms with Gasteiger partial charge in [-0.3, -0.25) is 0 Å². The second kappa shape index (κ2) is 4.50. The zero-order valence-electron chi connectivity index (χ0n) is 9.52. The van der Waals surface area contributed by atoms with Crippen LogP contribution in [-0.2, 0) is 6.54 Å². The van der Waals surface area contributed by atoms with Gasteiger partial charge in [0.15, 0.2) is 0 Å². The van der Waals surface area contributed by atoms with Crippen molar-refractivity contribution >= 4 is 0 Å². The lowest BCUT2D eigenvalue weighted by atomic mass is 9.70. The Hall–Kier alpha value is -0.960. The van der Waals surface area contributed by atoms with Crippen LogP contribution in [0.3, 0.4) is 0 Å². The van der Waals surface area contributed by atoms with Crippen LogP contribution in [0.1, 0.15) is 31.7 Å². The second-order valence-electron chi connectivity index (χ2n) is 5.00. The predicted octanol–water partition coefficient (Wildman–Crippen LogP) is 3.24. The van der Waals surface area contributed by atoms with Gasteiger partial charge in [0.05, 0.1) is 0 Å². The quantitative estimate of drug-likeness (QED) is 0.829. The van der Waals surface area contributed by atoms with Gasteiger partial charge in [0, 0.05) is 18.7 Å². The summed E-state index contributed by atoms with van der Waals surface area (Å²) in [6.07, 6.45) is 3.74.